The van der Waals surface area contributed by atoms with Gasteiger partial charge in [0.25, 0.3) is 0 Å². The summed E-state index contributed by atoms with van der Waals surface area (Å²) in [6, 6.07) is 0. The van der Waals surface area contributed by atoms with Crippen molar-refractivity contribution < 1.29 is 4.74 Å². The van der Waals surface area contributed by atoms with Gasteiger partial charge in [-0.3, -0.25) is 0 Å². The first-order chi connectivity index (χ1) is 8.65. The molecule has 1 fully saturated rings. The summed E-state index contributed by atoms with van der Waals surface area (Å²) < 4.78 is 5.13. The largest absolute Gasteiger partial charge is 0.388 e. The Kier molecular flexibility index (Phi) is 4.08. The van der Waals surface area contributed by atoms with Gasteiger partial charge in [-0.05, 0) is 24.7 Å². The van der Waals surface area contributed by atoms with Gasteiger partial charge in [-0.1, -0.05) is 12.2 Å². The maximum absolute atomic E-state index is 5.47. The van der Waals surface area contributed by atoms with Crippen molar-refractivity contribution in [2.24, 2.45) is 11.1 Å². The van der Waals surface area contributed by atoms with Crippen LogP contribution in [-0.2, 0) is 4.74 Å². The molecular formula is C12H18N4OS. The standard InChI is InChI=1S/C12H18N4OS/c1-17-5-4-12(2-3-12)8-16-10-7-14-9(6-15-10)11(13)18/h6-7H,2-5,8H2,1H3,(H2,13,18)(H,15,16). The quantitative estimate of drug-likeness (QED) is 0.726. The number of ether oxygens (including phenoxy) is 1. The topological polar surface area (TPSA) is 73.1 Å². The smallest absolute Gasteiger partial charge is 0.144 e. The second kappa shape index (κ2) is 5.58. The van der Waals surface area contributed by atoms with Gasteiger partial charge in [-0.2, -0.15) is 0 Å². The monoisotopic (exact) mass is 266 g/mol. The lowest BCUT2D eigenvalue weighted by atomic mass is 10.0. The van der Waals surface area contributed by atoms with Gasteiger partial charge in [-0.25, -0.2) is 9.97 Å². The first kappa shape index (κ1) is 13.2. The summed E-state index contributed by atoms with van der Waals surface area (Å²) in [7, 11) is 1.74. The van der Waals surface area contributed by atoms with Crippen LogP contribution in [0.1, 0.15) is 25.0 Å². The van der Waals surface area contributed by atoms with Gasteiger partial charge < -0.3 is 15.8 Å². The molecule has 98 valence electrons. The molecule has 0 radical (unpaired) electrons. The van der Waals surface area contributed by atoms with E-state index < -0.39 is 0 Å². The molecule has 1 aliphatic carbocycles. The number of rotatable bonds is 7. The minimum absolute atomic E-state index is 0.271. The summed E-state index contributed by atoms with van der Waals surface area (Å²) in [5.74, 6) is 0.763. The maximum atomic E-state index is 5.47. The zero-order valence-electron chi connectivity index (χ0n) is 10.5. The molecule has 0 amide bonds. The molecule has 0 saturated heterocycles. The van der Waals surface area contributed by atoms with E-state index >= 15 is 0 Å². The maximum Gasteiger partial charge on any atom is 0.144 e. The SMILES string of the molecule is COCCC1(CNc2cnc(C(N)=S)cn2)CC1. The number of hydrogen-bond acceptors (Lipinski definition) is 5. The van der Waals surface area contributed by atoms with Crippen LogP contribution in [0.3, 0.4) is 0 Å². The van der Waals surface area contributed by atoms with Crippen LogP contribution in [-0.4, -0.2) is 35.2 Å². The van der Waals surface area contributed by atoms with Crippen molar-refractivity contribution in [1.82, 2.24) is 9.97 Å². The first-order valence-electron chi connectivity index (χ1n) is 6.00. The third kappa shape index (κ3) is 3.36. The Morgan fingerprint density at radius 1 is 1.50 bits per heavy atom. The highest BCUT2D eigenvalue weighted by molar-refractivity contribution is 7.80. The molecule has 1 saturated carbocycles. The lowest BCUT2D eigenvalue weighted by molar-refractivity contribution is 0.175. The van der Waals surface area contributed by atoms with Crippen molar-refractivity contribution in [3.63, 3.8) is 0 Å². The van der Waals surface area contributed by atoms with E-state index in [9.17, 15) is 0 Å². The van der Waals surface area contributed by atoms with Gasteiger partial charge >= 0.3 is 0 Å². The molecule has 5 nitrogen and oxygen atoms in total. The highest BCUT2D eigenvalue weighted by Crippen LogP contribution is 2.48. The molecular weight excluding hydrogens is 248 g/mol. The highest BCUT2D eigenvalue weighted by Gasteiger charge is 2.41. The number of methoxy groups -OCH3 is 1. The van der Waals surface area contributed by atoms with Crippen LogP contribution in [0.15, 0.2) is 12.4 Å². The summed E-state index contributed by atoms with van der Waals surface area (Å²) in [4.78, 5) is 8.66. The second-order valence-electron chi connectivity index (χ2n) is 4.75. The zero-order valence-corrected chi connectivity index (χ0v) is 11.3. The second-order valence-corrected chi connectivity index (χ2v) is 5.19. The lowest BCUT2D eigenvalue weighted by Crippen LogP contribution is -2.18. The Bertz CT molecular complexity index is 417. The van der Waals surface area contributed by atoms with Crippen molar-refractivity contribution in [3.05, 3.63) is 18.1 Å². The van der Waals surface area contributed by atoms with Crippen molar-refractivity contribution >= 4 is 23.0 Å². The van der Waals surface area contributed by atoms with Crippen molar-refractivity contribution in [1.29, 1.82) is 0 Å². The predicted molar refractivity (Wildman–Crippen MR) is 74.6 cm³/mol. The van der Waals surface area contributed by atoms with Crippen LogP contribution in [0.4, 0.5) is 5.82 Å². The number of aromatic nitrogens is 2. The van der Waals surface area contributed by atoms with Crippen LogP contribution >= 0.6 is 12.2 Å². The fraction of sp³-hybridized carbons (Fsp3) is 0.583. The van der Waals surface area contributed by atoms with E-state index in [0.717, 1.165) is 25.4 Å². The number of thiocarbonyl (C=S) groups is 1. The van der Waals surface area contributed by atoms with Crippen molar-refractivity contribution in [2.75, 3.05) is 25.6 Å². The summed E-state index contributed by atoms with van der Waals surface area (Å²) in [6.07, 6.45) is 6.86. The van der Waals surface area contributed by atoms with E-state index in [2.05, 4.69) is 15.3 Å². The summed E-state index contributed by atoms with van der Waals surface area (Å²) in [5.41, 5.74) is 6.41. The van der Waals surface area contributed by atoms with E-state index in [1.54, 1.807) is 19.5 Å². The Morgan fingerprint density at radius 3 is 2.78 bits per heavy atom. The summed E-state index contributed by atoms with van der Waals surface area (Å²) in [6.45, 7) is 1.73. The number of hydrogen-bond donors (Lipinski definition) is 2. The molecule has 0 bridgehead atoms. The average Bonchev–Trinajstić information content (AvgIpc) is 3.15. The van der Waals surface area contributed by atoms with Gasteiger partial charge in [0.2, 0.25) is 0 Å². The molecule has 1 heterocycles. The van der Waals surface area contributed by atoms with E-state index in [-0.39, 0.29) is 4.99 Å². The Morgan fingerprint density at radius 2 is 2.28 bits per heavy atom. The number of nitrogens with zero attached hydrogens (tertiary/aromatic N) is 2. The van der Waals surface area contributed by atoms with Crippen LogP contribution in [0.5, 0.6) is 0 Å². The summed E-state index contributed by atoms with van der Waals surface area (Å²) in [5, 5.41) is 3.31. The molecule has 2 rings (SSSR count). The molecule has 0 aromatic carbocycles. The Labute approximate surface area is 112 Å². The number of anilines is 1. The van der Waals surface area contributed by atoms with E-state index in [1.807, 2.05) is 0 Å². The number of nitrogens with one attached hydrogen (secondary N) is 1. The number of nitrogens with two attached hydrogens (primary N) is 1. The summed E-state index contributed by atoms with van der Waals surface area (Å²) >= 11 is 4.83. The molecule has 1 aliphatic rings. The van der Waals surface area contributed by atoms with E-state index in [0.29, 0.717) is 11.1 Å². The zero-order chi connectivity index (χ0) is 13.0. The Hall–Kier alpha value is -1.27. The van der Waals surface area contributed by atoms with Gasteiger partial charge in [0.05, 0.1) is 12.4 Å². The van der Waals surface area contributed by atoms with Crippen LogP contribution in [0, 0.1) is 5.41 Å². The first-order valence-corrected chi connectivity index (χ1v) is 6.41. The molecule has 6 heteroatoms. The van der Waals surface area contributed by atoms with Gasteiger partial charge in [0.1, 0.15) is 16.5 Å². The highest BCUT2D eigenvalue weighted by atomic mass is 32.1. The van der Waals surface area contributed by atoms with E-state index in [1.165, 1.54) is 12.8 Å². The molecule has 3 N–H and O–H groups in total. The molecule has 0 atom stereocenters. The molecule has 0 spiro atoms. The minimum Gasteiger partial charge on any atom is -0.388 e. The minimum atomic E-state index is 0.271. The lowest BCUT2D eigenvalue weighted by Gasteiger charge is -2.15. The normalized spacial score (nSPS) is 16.3. The Balaban J connectivity index is 1.85. The van der Waals surface area contributed by atoms with Gasteiger partial charge in [-0.15, -0.1) is 0 Å². The molecule has 0 unspecified atom stereocenters. The average molecular weight is 266 g/mol. The van der Waals surface area contributed by atoms with Gasteiger partial charge in [0, 0.05) is 20.3 Å². The van der Waals surface area contributed by atoms with Gasteiger partial charge in [0.15, 0.2) is 0 Å². The fourth-order valence-corrected chi connectivity index (χ4v) is 1.94. The van der Waals surface area contributed by atoms with Crippen LogP contribution < -0.4 is 11.1 Å². The van der Waals surface area contributed by atoms with Crippen LogP contribution in [0.2, 0.25) is 0 Å². The van der Waals surface area contributed by atoms with Crippen molar-refractivity contribution in [2.45, 2.75) is 19.3 Å². The third-order valence-corrected chi connectivity index (χ3v) is 3.55. The fourth-order valence-electron chi connectivity index (χ4n) is 1.84. The van der Waals surface area contributed by atoms with Crippen LogP contribution in [0.25, 0.3) is 0 Å². The predicted octanol–water partition coefficient (Wildman–Crippen LogP) is 1.34. The molecule has 1 aromatic rings. The third-order valence-electron chi connectivity index (χ3n) is 3.34. The molecule has 18 heavy (non-hydrogen) atoms. The molecule has 1 aromatic heterocycles. The van der Waals surface area contributed by atoms with Crippen molar-refractivity contribution in [3.8, 4) is 0 Å². The van der Waals surface area contributed by atoms with E-state index in [4.69, 9.17) is 22.7 Å². The molecule has 0 aliphatic heterocycles.